The molecule has 3 N–H and O–H groups in total. The summed E-state index contributed by atoms with van der Waals surface area (Å²) in [5, 5.41) is 9.22. The van der Waals surface area contributed by atoms with Crippen LogP contribution in [0.1, 0.15) is 60.5 Å². The molecule has 190 valence electrons. The molecule has 36 heavy (non-hydrogen) atoms. The number of hydrogen-bond acceptors (Lipinski definition) is 5. The molecular formula is C29H36N4O3. The molecule has 0 atom stereocenters. The number of aliphatic hydroxyl groups excluding tert-OH is 1. The van der Waals surface area contributed by atoms with E-state index in [1.165, 1.54) is 0 Å². The average molecular weight is 489 g/mol. The summed E-state index contributed by atoms with van der Waals surface area (Å²) in [6.45, 7) is 6.93. The van der Waals surface area contributed by atoms with Gasteiger partial charge in [0.05, 0.1) is 5.69 Å². The van der Waals surface area contributed by atoms with E-state index in [2.05, 4.69) is 4.99 Å². The fraction of sp³-hybridized carbons (Fsp3) is 0.414. The summed E-state index contributed by atoms with van der Waals surface area (Å²) in [5.74, 6) is 0.429. The highest BCUT2D eigenvalue weighted by molar-refractivity contribution is 6.05. The molecule has 1 fully saturated rings. The number of nitrogens with zero attached hydrogens (tertiary/aromatic N) is 3. The number of fused-ring (bicyclic) bond motifs is 1. The molecule has 0 aromatic heterocycles. The fourth-order valence-corrected chi connectivity index (χ4v) is 4.95. The lowest BCUT2D eigenvalue weighted by Crippen LogP contribution is -2.35. The number of carbonyl (C=O) groups is 2. The van der Waals surface area contributed by atoms with E-state index >= 15 is 0 Å². The summed E-state index contributed by atoms with van der Waals surface area (Å²) >= 11 is 0. The van der Waals surface area contributed by atoms with Crippen molar-refractivity contribution in [2.45, 2.75) is 46.0 Å². The Morgan fingerprint density at radius 1 is 1.11 bits per heavy atom. The van der Waals surface area contributed by atoms with Gasteiger partial charge in [-0.15, -0.1) is 0 Å². The van der Waals surface area contributed by atoms with Crippen LogP contribution in [0.3, 0.4) is 0 Å². The number of hydrogen-bond donors (Lipinski definition) is 2. The minimum absolute atomic E-state index is 0.0499. The molecule has 0 aliphatic carbocycles. The van der Waals surface area contributed by atoms with Gasteiger partial charge in [-0.05, 0) is 79.6 Å². The first kappa shape index (κ1) is 25.6. The van der Waals surface area contributed by atoms with Crippen molar-refractivity contribution in [1.82, 2.24) is 9.80 Å². The van der Waals surface area contributed by atoms with Gasteiger partial charge < -0.3 is 20.6 Å². The molecule has 7 nitrogen and oxygen atoms in total. The third-order valence-electron chi connectivity index (χ3n) is 6.82. The number of likely N-dealkylation sites (tertiary alicyclic amines) is 1. The summed E-state index contributed by atoms with van der Waals surface area (Å²) in [6, 6.07) is 11.8. The monoisotopic (exact) mass is 488 g/mol. The molecule has 0 radical (unpaired) electrons. The van der Waals surface area contributed by atoms with Crippen molar-refractivity contribution in [3.63, 3.8) is 0 Å². The first-order valence-corrected chi connectivity index (χ1v) is 12.9. The summed E-state index contributed by atoms with van der Waals surface area (Å²) in [7, 11) is 0. The number of benzene rings is 2. The molecule has 2 aromatic carbocycles. The average Bonchev–Trinajstić information content (AvgIpc) is 3.36. The maximum atomic E-state index is 13.3. The van der Waals surface area contributed by atoms with Gasteiger partial charge in [0.2, 0.25) is 5.91 Å². The predicted octanol–water partition coefficient (Wildman–Crippen LogP) is 4.29. The van der Waals surface area contributed by atoms with Crippen molar-refractivity contribution in [2.75, 3.05) is 32.8 Å². The lowest BCUT2D eigenvalue weighted by molar-refractivity contribution is -0.127. The molecule has 0 unspecified atom stereocenters. The highest BCUT2D eigenvalue weighted by Crippen LogP contribution is 2.35. The third kappa shape index (κ3) is 5.68. The number of carbonyl (C=O) groups excluding carboxylic acids is 2. The molecule has 2 amide bonds. The van der Waals surface area contributed by atoms with Gasteiger partial charge in [-0.1, -0.05) is 19.1 Å². The summed E-state index contributed by atoms with van der Waals surface area (Å²) in [6.07, 6.45) is 5.72. The van der Waals surface area contributed by atoms with Crippen LogP contribution in [0.4, 0.5) is 5.69 Å². The normalized spacial score (nSPS) is 15.1. The minimum atomic E-state index is -0.0590. The maximum absolute atomic E-state index is 13.3. The molecule has 2 aliphatic heterocycles. The van der Waals surface area contributed by atoms with Gasteiger partial charge in [0.25, 0.3) is 5.91 Å². The Bertz CT molecular complexity index is 1180. The molecule has 2 aliphatic rings. The quantitative estimate of drug-likeness (QED) is 0.579. The van der Waals surface area contributed by atoms with Crippen LogP contribution in [0.15, 0.2) is 47.0 Å². The van der Waals surface area contributed by atoms with Crippen molar-refractivity contribution in [2.24, 2.45) is 10.7 Å². The molecule has 1 saturated heterocycles. The van der Waals surface area contributed by atoms with E-state index in [-0.39, 0.29) is 24.8 Å². The number of amidine groups is 1. The Labute approximate surface area is 213 Å². The lowest BCUT2D eigenvalue weighted by Gasteiger charge is -2.23. The van der Waals surface area contributed by atoms with Gasteiger partial charge in [-0.2, -0.15) is 0 Å². The molecular weight excluding hydrogens is 452 g/mol. The second-order valence-electron chi connectivity index (χ2n) is 9.62. The zero-order valence-corrected chi connectivity index (χ0v) is 21.3. The number of aliphatic hydroxyl groups is 1. The molecule has 2 aromatic rings. The summed E-state index contributed by atoms with van der Waals surface area (Å²) in [5.41, 5.74) is 12.2. The standard InChI is InChI=1S/C29H36N4O3/c1-3-11-32(14-6-15-34)29(36)24-17-23-16-20(2)25(19-26(23)31-27(30)18-24)21-7-9-22(10-8-21)28(35)33-12-4-5-13-33/h7-10,16-17,19,34H,3-6,11-15,18H2,1-2H3,(H2,30,31). The second-order valence-corrected chi connectivity index (χ2v) is 9.62. The molecule has 0 bridgehead atoms. The largest absolute Gasteiger partial charge is 0.396 e. The highest BCUT2D eigenvalue weighted by atomic mass is 16.3. The van der Waals surface area contributed by atoms with E-state index in [9.17, 15) is 14.7 Å². The zero-order chi connectivity index (χ0) is 25.7. The summed E-state index contributed by atoms with van der Waals surface area (Å²) < 4.78 is 0. The van der Waals surface area contributed by atoms with Crippen LogP contribution < -0.4 is 5.73 Å². The van der Waals surface area contributed by atoms with Crippen molar-refractivity contribution in [3.8, 4) is 11.1 Å². The first-order valence-electron chi connectivity index (χ1n) is 12.9. The first-order chi connectivity index (χ1) is 17.4. The van der Waals surface area contributed by atoms with Gasteiger partial charge in [-0.25, -0.2) is 4.99 Å². The second kappa shape index (κ2) is 11.5. The van der Waals surface area contributed by atoms with Crippen LogP contribution in [0.25, 0.3) is 17.2 Å². The van der Waals surface area contributed by atoms with Crippen LogP contribution >= 0.6 is 0 Å². The Hall–Kier alpha value is -3.45. The Balaban J connectivity index is 1.62. The van der Waals surface area contributed by atoms with Crippen molar-refractivity contribution >= 4 is 29.4 Å². The van der Waals surface area contributed by atoms with Crippen molar-refractivity contribution in [3.05, 3.63) is 58.7 Å². The van der Waals surface area contributed by atoms with Crippen LogP contribution in [-0.2, 0) is 4.79 Å². The van der Waals surface area contributed by atoms with Crippen LogP contribution in [0.2, 0.25) is 0 Å². The topological polar surface area (TPSA) is 99.2 Å². The van der Waals surface area contributed by atoms with Gasteiger partial charge in [0, 0.05) is 55.9 Å². The third-order valence-corrected chi connectivity index (χ3v) is 6.82. The van der Waals surface area contributed by atoms with Gasteiger partial charge >= 0.3 is 0 Å². The molecule has 7 heteroatoms. The fourth-order valence-electron chi connectivity index (χ4n) is 4.95. The van der Waals surface area contributed by atoms with Crippen LogP contribution in [0, 0.1) is 6.92 Å². The molecule has 4 rings (SSSR count). The smallest absolute Gasteiger partial charge is 0.253 e. The number of aryl methyl sites for hydroxylation is 1. The van der Waals surface area contributed by atoms with Gasteiger partial charge in [-0.3, -0.25) is 9.59 Å². The van der Waals surface area contributed by atoms with E-state index < -0.39 is 0 Å². The minimum Gasteiger partial charge on any atom is -0.396 e. The van der Waals surface area contributed by atoms with Crippen molar-refractivity contribution in [1.29, 1.82) is 0 Å². The van der Waals surface area contributed by atoms with Gasteiger partial charge in [0.1, 0.15) is 5.84 Å². The number of aliphatic imine (C=N–C) groups is 1. The van der Waals surface area contributed by atoms with Crippen LogP contribution in [-0.4, -0.2) is 65.3 Å². The van der Waals surface area contributed by atoms with E-state index in [1.807, 2.05) is 61.2 Å². The highest BCUT2D eigenvalue weighted by Gasteiger charge is 2.22. The van der Waals surface area contributed by atoms with Gasteiger partial charge in [0.15, 0.2) is 0 Å². The Morgan fingerprint density at radius 2 is 1.83 bits per heavy atom. The molecule has 2 heterocycles. The molecule has 0 spiro atoms. The predicted molar refractivity (Wildman–Crippen MR) is 144 cm³/mol. The van der Waals surface area contributed by atoms with E-state index in [4.69, 9.17) is 5.73 Å². The number of nitrogens with two attached hydrogens (primary N) is 1. The number of amides is 2. The number of rotatable bonds is 8. The SMILES string of the molecule is CCCN(CCCO)C(=O)C1=Cc2cc(C)c(-c3ccc(C(=O)N4CCCC4)cc3)cc2N=C(N)C1. The van der Waals surface area contributed by atoms with E-state index in [0.29, 0.717) is 36.5 Å². The lowest BCUT2D eigenvalue weighted by atomic mass is 9.95. The summed E-state index contributed by atoms with van der Waals surface area (Å²) in [4.78, 5) is 34.3. The van der Waals surface area contributed by atoms with E-state index in [0.717, 1.165) is 60.3 Å². The van der Waals surface area contributed by atoms with Crippen molar-refractivity contribution < 1.29 is 14.7 Å². The maximum Gasteiger partial charge on any atom is 0.253 e. The zero-order valence-electron chi connectivity index (χ0n) is 21.3. The molecule has 0 saturated carbocycles. The van der Waals surface area contributed by atoms with E-state index in [1.54, 1.807) is 4.90 Å². The van der Waals surface area contributed by atoms with Crippen LogP contribution in [0.5, 0.6) is 0 Å². The Kier molecular flexibility index (Phi) is 8.21. The Morgan fingerprint density at radius 3 is 2.50 bits per heavy atom.